The van der Waals surface area contributed by atoms with Gasteiger partial charge in [0.15, 0.2) is 0 Å². The van der Waals surface area contributed by atoms with Crippen molar-refractivity contribution >= 4 is 45.8 Å². The minimum absolute atomic E-state index is 0. The van der Waals surface area contributed by atoms with Crippen LogP contribution in [0, 0.1) is 11.8 Å². The van der Waals surface area contributed by atoms with Gasteiger partial charge in [-0.15, -0.1) is 12.4 Å². The summed E-state index contributed by atoms with van der Waals surface area (Å²) in [5.74, 6) is 1.51. The Morgan fingerprint density at radius 2 is 1.86 bits per heavy atom. The van der Waals surface area contributed by atoms with E-state index < -0.39 is 0 Å². The van der Waals surface area contributed by atoms with Crippen LogP contribution >= 0.6 is 39.9 Å². The number of hydrogen-bond acceptors (Lipinski definition) is 2. The Hall–Kier alpha value is -0.290. The zero-order valence-electron chi connectivity index (χ0n) is 11.6. The second-order valence-electron chi connectivity index (χ2n) is 5.67. The average molecular weight is 394 g/mol. The maximum atomic E-state index is 12.7. The molecule has 116 valence electrons. The number of carbonyl (C=O) groups is 1. The lowest BCUT2D eigenvalue weighted by molar-refractivity contribution is 0.0758. The van der Waals surface area contributed by atoms with Crippen LogP contribution in [0.25, 0.3) is 0 Å². The molecular weight excluding hydrogens is 375 g/mol. The molecule has 2 aliphatic rings. The second kappa shape index (κ2) is 7.32. The van der Waals surface area contributed by atoms with Gasteiger partial charge in [-0.3, -0.25) is 4.79 Å². The maximum Gasteiger partial charge on any atom is 0.255 e. The van der Waals surface area contributed by atoms with E-state index in [1.165, 1.54) is 0 Å². The van der Waals surface area contributed by atoms with E-state index in [-0.39, 0.29) is 18.3 Å². The number of nitrogens with zero attached hydrogens (tertiary/aromatic N) is 1. The van der Waals surface area contributed by atoms with Gasteiger partial charge in [0.2, 0.25) is 0 Å². The third-order valence-corrected chi connectivity index (χ3v) is 5.29. The summed E-state index contributed by atoms with van der Waals surface area (Å²) >= 11 is 9.57. The van der Waals surface area contributed by atoms with Gasteiger partial charge >= 0.3 is 0 Å². The first-order chi connectivity index (χ1) is 9.65. The molecule has 0 saturated carbocycles. The number of nitrogens with one attached hydrogen (secondary N) is 1. The number of likely N-dealkylation sites (tertiary alicyclic amines) is 1. The monoisotopic (exact) mass is 392 g/mol. The number of benzene rings is 1. The van der Waals surface area contributed by atoms with Gasteiger partial charge in [-0.1, -0.05) is 27.5 Å². The quantitative estimate of drug-likeness (QED) is 0.790. The van der Waals surface area contributed by atoms with Crippen LogP contribution in [-0.2, 0) is 0 Å². The molecule has 0 spiro atoms. The van der Waals surface area contributed by atoms with Crippen LogP contribution < -0.4 is 5.32 Å². The second-order valence-corrected chi connectivity index (χ2v) is 7.00. The van der Waals surface area contributed by atoms with Crippen LogP contribution in [0.3, 0.4) is 0 Å². The first-order valence-electron chi connectivity index (χ1n) is 7.10. The first-order valence-corrected chi connectivity index (χ1v) is 8.27. The van der Waals surface area contributed by atoms with E-state index in [0.717, 1.165) is 55.3 Å². The van der Waals surface area contributed by atoms with Gasteiger partial charge in [0.25, 0.3) is 5.91 Å². The molecule has 1 amide bonds. The Labute approximate surface area is 144 Å². The Morgan fingerprint density at radius 3 is 2.48 bits per heavy atom. The van der Waals surface area contributed by atoms with E-state index in [1.54, 1.807) is 6.07 Å². The Kier molecular flexibility index (Phi) is 5.95. The molecule has 2 atom stereocenters. The highest BCUT2D eigenvalue weighted by atomic mass is 79.9. The molecule has 2 aliphatic heterocycles. The summed E-state index contributed by atoms with van der Waals surface area (Å²) in [5, 5.41) is 3.99. The Bertz CT molecular complexity index is 512. The van der Waals surface area contributed by atoms with Crippen LogP contribution in [0.4, 0.5) is 0 Å². The first kappa shape index (κ1) is 17.1. The number of rotatable bonds is 1. The van der Waals surface area contributed by atoms with E-state index in [0.29, 0.717) is 10.6 Å². The van der Waals surface area contributed by atoms with Crippen molar-refractivity contribution in [3.63, 3.8) is 0 Å². The van der Waals surface area contributed by atoms with Gasteiger partial charge in [-0.05, 0) is 56.0 Å². The van der Waals surface area contributed by atoms with Crippen molar-refractivity contribution in [1.82, 2.24) is 10.2 Å². The van der Waals surface area contributed by atoms with Crippen molar-refractivity contribution in [3.8, 4) is 0 Å². The zero-order chi connectivity index (χ0) is 14.1. The highest BCUT2D eigenvalue weighted by Crippen LogP contribution is 2.29. The molecule has 0 aromatic heterocycles. The molecule has 21 heavy (non-hydrogen) atoms. The van der Waals surface area contributed by atoms with Crippen LogP contribution in [0.1, 0.15) is 23.2 Å². The molecule has 0 aliphatic carbocycles. The molecule has 2 fully saturated rings. The number of carbonyl (C=O) groups excluding carboxylic acids is 1. The van der Waals surface area contributed by atoms with Gasteiger partial charge < -0.3 is 10.2 Å². The average Bonchev–Trinajstić information content (AvgIpc) is 2.80. The molecule has 1 aromatic rings. The molecule has 3 nitrogen and oxygen atoms in total. The summed E-state index contributed by atoms with van der Waals surface area (Å²) in [6, 6.07) is 5.45. The smallest absolute Gasteiger partial charge is 0.255 e. The van der Waals surface area contributed by atoms with E-state index in [1.807, 2.05) is 17.0 Å². The van der Waals surface area contributed by atoms with Gasteiger partial charge in [-0.25, -0.2) is 0 Å². The van der Waals surface area contributed by atoms with Crippen molar-refractivity contribution in [2.75, 3.05) is 26.2 Å². The van der Waals surface area contributed by atoms with Crippen LogP contribution in [0.15, 0.2) is 22.7 Å². The minimum Gasteiger partial charge on any atom is -0.339 e. The third kappa shape index (κ3) is 3.73. The maximum absolute atomic E-state index is 12.7. The molecule has 1 aromatic carbocycles. The van der Waals surface area contributed by atoms with E-state index in [9.17, 15) is 4.79 Å². The topological polar surface area (TPSA) is 32.3 Å². The van der Waals surface area contributed by atoms with Crippen molar-refractivity contribution in [2.24, 2.45) is 11.8 Å². The number of fused-ring (bicyclic) bond motifs is 1. The highest BCUT2D eigenvalue weighted by Gasteiger charge is 2.32. The Morgan fingerprint density at radius 1 is 1.24 bits per heavy atom. The molecule has 3 rings (SSSR count). The third-order valence-electron chi connectivity index (χ3n) is 4.47. The van der Waals surface area contributed by atoms with Gasteiger partial charge in [0, 0.05) is 17.6 Å². The van der Waals surface area contributed by atoms with Crippen molar-refractivity contribution in [2.45, 2.75) is 12.8 Å². The van der Waals surface area contributed by atoms with Crippen molar-refractivity contribution in [1.29, 1.82) is 0 Å². The molecule has 0 radical (unpaired) electrons. The lowest BCUT2D eigenvalue weighted by Gasteiger charge is -2.21. The SMILES string of the molecule is Cl.O=C(c1cc(Br)ccc1Cl)N1CC[C@@H]2CNC[C@@H]2CC1. The molecular formula is C15H19BrCl2N2O. The van der Waals surface area contributed by atoms with E-state index in [2.05, 4.69) is 21.2 Å². The number of halogens is 3. The number of amides is 1. The summed E-state index contributed by atoms with van der Waals surface area (Å²) in [7, 11) is 0. The van der Waals surface area contributed by atoms with Gasteiger partial charge in [0.1, 0.15) is 0 Å². The summed E-state index contributed by atoms with van der Waals surface area (Å²) in [6.07, 6.45) is 2.18. The fourth-order valence-corrected chi connectivity index (χ4v) is 3.81. The van der Waals surface area contributed by atoms with E-state index >= 15 is 0 Å². The highest BCUT2D eigenvalue weighted by molar-refractivity contribution is 9.10. The van der Waals surface area contributed by atoms with Gasteiger partial charge in [-0.2, -0.15) is 0 Å². The fraction of sp³-hybridized carbons (Fsp3) is 0.533. The molecule has 0 bridgehead atoms. The largest absolute Gasteiger partial charge is 0.339 e. The summed E-state index contributed by atoms with van der Waals surface area (Å²) in [6.45, 7) is 3.88. The Balaban J connectivity index is 0.00000161. The summed E-state index contributed by atoms with van der Waals surface area (Å²) in [4.78, 5) is 14.6. The predicted octanol–water partition coefficient (Wildman–Crippen LogP) is 3.60. The summed E-state index contributed by atoms with van der Waals surface area (Å²) in [5.41, 5.74) is 0.603. The number of hydrogen-bond donors (Lipinski definition) is 1. The summed E-state index contributed by atoms with van der Waals surface area (Å²) < 4.78 is 0.890. The van der Waals surface area contributed by atoms with Crippen molar-refractivity contribution < 1.29 is 4.79 Å². The van der Waals surface area contributed by atoms with Gasteiger partial charge in [0.05, 0.1) is 10.6 Å². The molecule has 2 saturated heterocycles. The standard InChI is InChI=1S/C15H18BrClN2O.ClH/c16-12-1-2-14(17)13(7-12)15(20)19-5-3-10-8-18-9-11(10)4-6-19;/h1-2,7,10-11,18H,3-6,8-9H2;1H/t10-,11+;. The lowest BCUT2D eigenvalue weighted by atomic mass is 9.92. The predicted molar refractivity (Wildman–Crippen MR) is 91.4 cm³/mol. The molecule has 0 unspecified atom stereocenters. The molecule has 6 heteroatoms. The zero-order valence-corrected chi connectivity index (χ0v) is 14.8. The fourth-order valence-electron chi connectivity index (χ4n) is 3.25. The lowest BCUT2D eigenvalue weighted by Crippen LogP contribution is -2.33. The van der Waals surface area contributed by atoms with Crippen LogP contribution in [0.5, 0.6) is 0 Å². The van der Waals surface area contributed by atoms with Crippen molar-refractivity contribution in [3.05, 3.63) is 33.3 Å². The van der Waals surface area contributed by atoms with E-state index in [4.69, 9.17) is 11.6 Å². The van der Waals surface area contributed by atoms with Crippen LogP contribution in [-0.4, -0.2) is 37.0 Å². The molecule has 2 heterocycles. The normalized spacial score (nSPS) is 25.0. The van der Waals surface area contributed by atoms with Crippen LogP contribution in [0.2, 0.25) is 5.02 Å². The minimum atomic E-state index is 0. The molecule has 1 N–H and O–H groups in total.